The zero-order valence-corrected chi connectivity index (χ0v) is 10.6. The van der Waals surface area contributed by atoms with Crippen molar-refractivity contribution in [1.82, 2.24) is 0 Å². The number of aliphatic hydroxyl groups excluding tert-OH is 1. The maximum atomic E-state index is 10.4. The van der Waals surface area contributed by atoms with Crippen LogP contribution in [0, 0.1) is 12.8 Å². The molecule has 3 atom stereocenters. The van der Waals surface area contributed by atoms with Gasteiger partial charge >= 0.3 is 0 Å². The predicted molar refractivity (Wildman–Crippen MR) is 73.4 cm³/mol. The third kappa shape index (κ3) is 2.19. The Kier molecular flexibility index (Phi) is 2.92. The standard InChI is InChI=1S/C17H18O/c1-12-7-9-14(10-8-12)17(18)16-11-15(16)13-5-3-2-4-6-13/h2-10,15-18H,11H2,1H3. The van der Waals surface area contributed by atoms with E-state index < -0.39 is 0 Å². The molecule has 0 radical (unpaired) electrons. The third-order valence-electron chi connectivity index (χ3n) is 3.89. The molecule has 3 unspecified atom stereocenters. The van der Waals surface area contributed by atoms with Gasteiger partial charge in [-0.3, -0.25) is 0 Å². The normalized spacial score (nSPS) is 23.7. The molecule has 92 valence electrons. The predicted octanol–water partition coefficient (Wildman–Crippen LogP) is 3.83. The zero-order valence-electron chi connectivity index (χ0n) is 10.6. The summed E-state index contributed by atoms with van der Waals surface area (Å²) in [7, 11) is 0. The van der Waals surface area contributed by atoms with Gasteiger partial charge < -0.3 is 5.11 Å². The number of aryl methyl sites for hydroxylation is 1. The summed E-state index contributed by atoms with van der Waals surface area (Å²) in [6.45, 7) is 2.07. The molecule has 3 rings (SSSR count). The minimum Gasteiger partial charge on any atom is -0.388 e. The third-order valence-corrected chi connectivity index (χ3v) is 3.89. The zero-order chi connectivity index (χ0) is 12.5. The Morgan fingerprint density at radius 2 is 1.67 bits per heavy atom. The summed E-state index contributed by atoms with van der Waals surface area (Å²) in [4.78, 5) is 0. The van der Waals surface area contributed by atoms with E-state index in [9.17, 15) is 5.11 Å². The minimum absolute atomic E-state index is 0.323. The Bertz CT molecular complexity index is 515. The highest BCUT2D eigenvalue weighted by Crippen LogP contribution is 2.53. The van der Waals surface area contributed by atoms with Crippen molar-refractivity contribution in [3.8, 4) is 0 Å². The lowest BCUT2D eigenvalue weighted by atomic mass is 10.0. The van der Waals surface area contributed by atoms with E-state index in [2.05, 4.69) is 43.3 Å². The van der Waals surface area contributed by atoms with Gasteiger partial charge in [-0.25, -0.2) is 0 Å². The van der Waals surface area contributed by atoms with Crippen molar-refractivity contribution in [2.75, 3.05) is 0 Å². The Morgan fingerprint density at radius 3 is 2.33 bits per heavy atom. The molecule has 1 fully saturated rings. The summed E-state index contributed by atoms with van der Waals surface area (Å²) < 4.78 is 0. The van der Waals surface area contributed by atoms with Crippen molar-refractivity contribution < 1.29 is 5.11 Å². The maximum Gasteiger partial charge on any atom is 0.0824 e. The summed E-state index contributed by atoms with van der Waals surface area (Å²) in [6, 6.07) is 18.7. The van der Waals surface area contributed by atoms with E-state index in [1.807, 2.05) is 18.2 Å². The maximum absolute atomic E-state index is 10.4. The van der Waals surface area contributed by atoms with Gasteiger partial charge in [0.15, 0.2) is 0 Å². The van der Waals surface area contributed by atoms with Crippen LogP contribution in [0.2, 0.25) is 0 Å². The molecule has 1 N–H and O–H groups in total. The second-order valence-electron chi connectivity index (χ2n) is 5.27. The van der Waals surface area contributed by atoms with E-state index in [0.717, 1.165) is 12.0 Å². The smallest absolute Gasteiger partial charge is 0.0824 e. The first-order chi connectivity index (χ1) is 8.75. The summed E-state index contributed by atoms with van der Waals surface area (Å²) in [5, 5.41) is 10.4. The van der Waals surface area contributed by atoms with Crippen LogP contribution in [0.3, 0.4) is 0 Å². The first-order valence-corrected chi connectivity index (χ1v) is 6.55. The molecule has 0 heterocycles. The molecular weight excluding hydrogens is 220 g/mol. The van der Waals surface area contributed by atoms with Gasteiger partial charge in [-0.2, -0.15) is 0 Å². The monoisotopic (exact) mass is 238 g/mol. The van der Waals surface area contributed by atoms with Crippen LogP contribution < -0.4 is 0 Å². The SMILES string of the molecule is Cc1ccc(C(O)C2CC2c2ccccc2)cc1. The molecule has 1 aliphatic carbocycles. The van der Waals surface area contributed by atoms with Gasteiger partial charge in [0.05, 0.1) is 6.10 Å². The molecule has 1 aliphatic rings. The highest BCUT2D eigenvalue weighted by Gasteiger charge is 2.43. The van der Waals surface area contributed by atoms with Crippen LogP contribution in [0.1, 0.15) is 35.1 Å². The Balaban J connectivity index is 1.73. The van der Waals surface area contributed by atoms with Crippen molar-refractivity contribution in [2.24, 2.45) is 5.92 Å². The minimum atomic E-state index is -0.323. The molecule has 0 saturated heterocycles. The molecule has 0 spiro atoms. The van der Waals surface area contributed by atoms with Crippen LogP contribution >= 0.6 is 0 Å². The van der Waals surface area contributed by atoms with Gasteiger partial charge in [-0.1, -0.05) is 60.2 Å². The lowest BCUT2D eigenvalue weighted by Gasteiger charge is -2.11. The van der Waals surface area contributed by atoms with Crippen LogP contribution in [-0.2, 0) is 0 Å². The fourth-order valence-electron chi connectivity index (χ4n) is 2.66. The van der Waals surface area contributed by atoms with Crippen molar-refractivity contribution in [3.05, 3.63) is 71.3 Å². The second kappa shape index (κ2) is 4.58. The van der Waals surface area contributed by atoms with Gasteiger partial charge in [0.25, 0.3) is 0 Å². The highest BCUT2D eigenvalue weighted by atomic mass is 16.3. The number of hydrogen-bond acceptors (Lipinski definition) is 1. The average molecular weight is 238 g/mol. The van der Waals surface area contributed by atoms with Crippen molar-refractivity contribution >= 4 is 0 Å². The molecule has 0 aromatic heterocycles. The van der Waals surface area contributed by atoms with Gasteiger partial charge in [-0.05, 0) is 36.3 Å². The van der Waals surface area contributed by atoms with Crippen LogP contribution in [-0.4, -0.2) is 5.11 Å². The van der Waals surface area contributed by atoms with Crippen LogP contribution in [0.4, 0.5) is 0 Å². The van der Waals surface area contributed by atoms with Crippen LogP contribution in [0.15, 0.2) is 54.6 Å². The van der Waals surface area contributed by atoms with E-state index in [4.69, 9.17) is 0 Å². The quantitative estimate of drug-likeness (QED) is 0.861. The molecule has 0 bridgehead atoms. The molecule has 1 saturated carbocycles. The number of benzene rings is 2. The topological polar surface area (TPSA) is 20.2 Å². The first-order valence-electron chi connectivity index (χ1n) is 6.55. The fraction of sp³-hybridized carbons (Fsp3) is 0.294. The van der Waals surface area contributed by atoms with Crippen LogP contribution in [0.25, 0.3) is 0 Å². The van der Waals surface area contributed by atoms with Gasteiger partial charge in [-0.15, -0.1) is 0 Å². The summed E-state index contributed by atoms with van der Waals surface area (Å²) in [5.74, 6) is 0.914. The van der Waals surface area contributed by atoms with E-state index in [-0.39, 0.29) is 6.10 Å². The largest absolute Gasteiger partial charge is 0.388 e. The summed E-state index contributed by atoms with van der Waals surface area (Å²) in [6.07, 6.45) is 0.773. The molecule has 0 aliphatic heterocycles. The summed E-state index contributed by atoms with van der Waals surface area (Å²) in [5.41, 5.74) is 3.64. The molecule has 1 heteroatoms. The van der Waals surface area contributed by atoms with Gasteiger partial charge in [0.2, 0.25) is 0 Å². The van der Waals surface area contributed by atoms with E-state index >= 15 is 0 Å². The molecule has 18 heavy (non-hydrogen) atoms. The Labute approximate surface area is 108 Å². The highest BCUT2D eigenvalue weighted by molar-refractivity contribution is 5.30. The van der Waals surface area contributed by atoms with E-state index in [0.29, 0.717) is 11.8 Å². The molecule has 2 aromatic carbocycles. The summed E-state index contributed by atoms with van der Waals surface area (Å²) >= 11 is 0. The fourth-order valence-corrected chi connectivity index (χ4v) is 2.66. The molecule has 0 amide bonds. The van der Waals surface area contributed by atoms with Gasteiger partial charge in [0.1, 0.15) is 0 Å². The van der Waals surface area contributed by atoms with E-state index in [1.54, 1.807) is 0 Å². The van der Waals surface area contributed by atoms with Crippen LogP contribution in [0.5, 0.6) is 0 Å². The second-order valence-corrected chi connectivity index (χ2v) is 5.27. The van der Waals surface area contributed by atoms with Crippen molar-refractivity contribution in [3.63, 3.8) is 0 Å². The Hall–Kier alpha value is -1.60. The lowest BCUT2D eigenvalue weighted by molar-refractivity contribution is 0.151. The number of rotatable bonds is 3. The molecule has 2 aromatic rings. The number of aliphatic hydroxyl groups is 1. The van der Waals surface area contributed by atoms with Crippen molar-refractivity contribution in [1.29, 1.82) is 0 Å². The number of hydrogen-bond donors (Lipinski definition) is 1. The van der Waals surface area contributed by atoms with E-state index in [1.165, 1.54) is 11.1 Å². The first kappa shape index (κ1) is 11.5. The molecule has 1 nitrogen and oxygen atoms in total. The Morgan fingerprint density at radius 1 is 1.00 bits per heavy atom. The van der Waals surface area contributed by atoms with Gasteiger partial charge in [0, 0.05) is 0 Å². The average Bonchev–Trinajstić information content (AvgIpc) is 3.20. The van der Waals surface area contributed by atoms with Crippen molar-refractivity contribution in [2.45, 2.75) is 25.4 Å². The molecular formula is C17H18O. The lowest BCUT2D eigenvalue weighted by Crippen LogP contribution is -2.01.